The number of aliphatic hydroxyl groups is 1. The standard InChI is InChI=1S/C11H24N2O2/c1-5-8(7-14)13-10(15)6-9(12)11(2,3)4/h8-9,14H,5-7,12H2,1-4H3,(H,13,15)/t8-,9?/m1/s1. The number of nitrogens with two attached hydrogens (primary N) is 1. The van der Waals surface area contributed by atoms with Crippen LogP contribution in [0.2, 0.25) is 0 Å². The zero-order chi connectivity index (χ0) is 12.1. The highest BCUT2D eigenvalue weighted by Gasteiger charge is 2.23. The molecule has 0 heterocycles. The van der Waals surface area contributed by atoms with Crippen molar-refractivity contribution in [3.63, 3.8) is 0 Å². The van der Waals surface area contributed by atoms with E-state index in [1.165, 1.54) is 0 Å². The average molecular weight is 216 g/mol. The predicted octanol–water partition coefficient (Wildman–Crippen LogP) is 0.637. The number of carbonyl (C=O) groups is 1. The largest absolute Gasteiger partial charge is 0.394 e. The van der Waals surface area contributed by atoms with Crippen LogP contribution in [0, 0.1) is 5.41 Å². The van der Waals surface area contributed by atoms with Crippen LogP contribution in [0.1, 0.15) is 40.5 Å². The van der Waals surface area contributed by atoms with Crippen LogP contribution in [0.15, 0.2) is 0 Å². The summed E-state index contributed by atoms with van der Waals surface area (Å²) in [6.45, 7) is 7.93. The van der Waals surface area contributed by atoms with Crippen molar-refractivity contribution in [2.75, 3.05) is 6.61 Å². The molecule has 0 fully saturated rings. The molecule has 0 aromatic carbocycles. The van der Waals surface area contributed by atoms with Gasteiger partial charge in [-0.2, -0.15) is 0 Å². The van der Waals surface area contributed by atoms with Crippen molar-refractivity contribution >= 4 is 5.91 Å². The van der Waals surface area contributed by atoms with Gasteiger partial charge in [-0.1, -0.05) is 27.7 Å². The van der Waals surface area contributed by atoms with E-state index < -0.39 is 0 Å². The van der Waals surface area contributed by atoms with Gasteiger partial charge >= 0.3 is 0 Å². The Balaban J connectivity index is 4.04. The quantitative estimate of drug-likeness (QED) is 0.631. The lowest BCUT2D eigenvalue weighted by Gasteiger charge is -2.27. The molecule has 0 saturated heterocycles. The van der Waals surface area contributed by atoms with Gasteiger partial charge in [0.25, 0.3) is 0 Å². The summed E-state index contributed by atoms with van der Waals surface area (Å²) in [5.41, 5.74) is 5.82. The van der Waals surface area contributed by atoms with Gasteiger partial charge in [0.05, 0.1) is 12.6 Å². The summed E-state index contributed by atoms with van der Waals surface area (Å²) in [7, 11) is 0. The molecule has 2 atom stereocenters. The highest BCUT2D eigenvalue weighted by atomic mass is 16.3. The molecular weight excluding hydrogens is 192 g/mol. The Hall–Kier alpha value is -0.610. The Morgan fingerprint density at radius 1 is 1.47 bits per heavy atom. The van der Waals surface area contributed by atoms with Crippen LogP contribution in [0.25, 0.3) is 0 Å². The highest BCUT2D eigenvalue weighted by Crippen LogP contribution is 2.19. The van der Waals surface area contributed by atoms with Crippen molar-refractivity contribution in [2.45, 2.75) is 52.6 Å². The number of carbonyl (C=O) groups excluding carboxylic acids is 1. The smallest absolute Gasteiger partial charge is 0.221 e. The van der Waals surface area contributed by atoms with E-state index in [2.05, 4.69) is 5.32 Å². The molecule has 0 aliphatic rings. The van der Waals surface area contributed by atoms with E-state index in [1.54, 1.807) is 0 Å². The van der Waals surface area contributed by atoms with Gasteiger partial charge in [0.15, 0.2) is 0 Å². The molecule has 4 nitrogen and oxygen atoms in total. The minimum Gasteiger partial charge on any atom is -0.394 e. The summed E-state index contributed by atoms with van der Waals surface area (Å²) < 4.78 is 0. The Kier molecular flexibility index (Phi) is 5.83. The fourth-order valence-corrected chi connectivity index (χ4v) is 1.07. The Morgan fingerprint density at radius 3 is 2.33 bits per heavy atom. The van der Waals surface area contributed by atoms with E-state index in [-0.39, 0.29) is 30.0 Å². The van der Waals surface area contributed by atoms with Crippen molar-refractivity contribution in [1.29, 1.82) is 0 Å². The maximum atomic E-state index is 11.5. The van der Waals surface area contributed by atoms with Gasteiger partial charge in [-0.05, 0) is 11.8 Å². The van der Waals surface area contributed by atoms with Crippen molar-refractivity contribution in [3.8, 4) is 0 Å². The second-order valence-corrected chi connectivity index (χ2v) is 5.03. The fourth-order valence-electron chi connectivity index (χ4n) is 1.07. The minimum atomic E-state index is -0.159. The van der Waals surface area contributed by atoms with Gasteiger partial charge in [0.1, 0.15) is 0 Å². The predicted molar refractivity (Wildman–Crippen MR) is 61.4 cm³/mol. The first-order valence-electron chi connectivity index (χ1n) is 5.47. The number of rotatable bonds is 5. The van der Waals surface area contributed by atoms with Crippen molar-refractivity contribution in [3.05, 3.63) is 0 Å². The lowest BCUT2D eigenvalue weighted by atomic mass is 9.85. The third-order valence-electron chi connectivity index (χ3n) is 2.60. The van der Waals surface area contributed by atoms with Gasteiger partial charge < -0.3 is 16.2 Å². The molecular formula is C11H24N2O2. The van der Waals surface area contributed by atoms with Gasteiger partial charge in [-0.15, -0.1) is 0 Å². The first kappa shape index (κ1) is 14.4. The number of hydrogen-bond acceptors (Lipinski definition) is 3. The van der Waals surface area contributed by atoms with Gasteiger partial charge in [0, 0.05) is 12.5 Å². The van der Waals surface area contributed by atoms with Crippen LogP contribution < -0.4 is 11.1 Å². The second kappa shape index (κ2) is 6.08. The Labute approximate surface area is 92.2 Å². The lowest BCUT2D eigenvalue weighted by molar-refractivity contribution is -0.123. The van der Waals surface area contributed by atoms with E-state index in [0.717, 1.165) is 6.42 Å². The van der Waals surface area contributed by atoms with Gasteiger partial charge in [0.2, 0.25) is 5.91 Å². The van der Waals surface area contributed by atoms with E-state index >= 15 is 0 Å². The zero-order valence-corrected chi connectivity index (χ0v) is 10.2. The first-order chi connectivity index (χ1) is 6.81. The van der Waals surface area contributed by atoms with Crippen molar-refractivity contribution < 1.29 is 9.90 Å². The van der Waals surface area contributed by atoms with Crippen LogP contribution in [-0.2, 0) is 4.79 Å². The molecule has 0 saturated carbocycles. The number of nitrogens with one attached hydrogen (secondary N) is 1. The molecule has 0 bridgehead atoms. The summed E-state index contributed by atoms with van der Waals surface area (Å²) in [5, 5.41) is 11.7. The molecule has 0 aliphatic carbocycles. The highest BCUT2D eigenvalue weighted by molar-refractivity contribution is 5.77. The van der Waals surface area contributed by atoms with Crippen molar-refractivity contribution in [2.24, 2.45) is 11.1 Å². The van der Waals surface area contributed by atoms with Crippen LogP contribution >= 0.6 is 0 Å². The molecule has 0 aromatic heterocycles. The fraction of sp³-hybridized carbons (Fsp3) is 0.909. The molecule has 90 valence electrons. The number of hydrogen-bond donors (Lipinski definition) is 3. The maximum absolute atomic E-state index is 11.5. The summed E-state index contributed by atoms with van der Waals surface area (Å²) in [5.74, 6) is -0.0849. The topological polar surface area (TPSA) is 75.3 Å². The maximum Gasteiger partial charge on any atom is 0.221 e. The number of amides is 1. The first-order valence-corrected chi connectivity index (χ1v) is 5.47. The van der Waals surface area contributed by atoms with E-state index in [1.807, 2.05) is 27.7 Å². The van der Waals surface area contributed by atoms with Gasteiger partial charge in [-0.25, -0.2) is 0 Å². The average Bonchev–Trinajstić information content (AvgIpc) is 2.12. The molecule has 0 aliphatic heterocycles. The van der Waals surface area contributed by atoms with Crippen LogP contribution in [0.3, 0.4) is 0 Å². The van der Waals surface area contributed by atoms with E-state index in [4.69, 9.17) is 10.8 Å². The Bertz CT molecular complexity index is 195. The molecule has 1 unspecified atom stereocenters. The van der Waals surface area contributed by atoms with Crippen LogP contribution in [-0.4, -0.2) is 29.7 Å². The van der Waals surface area contributed by atoms with E-state index in [0.29, 0.717) is 6.42 Å². The third-order valence-corrected chi connectivity index (χ3v) is 2.60. The molecule has 4 N–H and O–H groups in total. The number of aliphatic hydroxyl groups excluding tert-OH is 1. The molecule has 0 rings (SSSR count). The molecule has 15 heavy (non-hydrogen) atoms. The SMILES string of the molecule is CC[C@H](CO)NC(=O)CC(N)C(C)(C)C. The molecule has 1 amide bonds. The summed E-state index contributed by atoms with van der Waals surface area (Å²) >= 11 is 0. The monoisotopic (exact) mass is 216 g/mol. The minimum absolute atomic E-state index is 0.0208. The van der Waals surface area contributed by atoms with Gasteiger partial charge in [-0.3, -0.25) is 4.79 Å². The molecule has 0 aromatic rings. The molecule has 0 spiro atoms. The zero-order valence-electron chi connectivity index (χ0n) is 10.2. The van der Waals surface area contributed by atoms with Crippen LogP contribution in [0.4, 0.5) is 0 Å². The summed E-state index contributed by atoms with van der Waals surface area (Å²) in [6, 6.07) is -0.307. The van der Waals surface area contributed by atoms with Crippen LogP contribution in [0.5, 0.6) is 0 Å². The Morgan fingerprint density at radius 2 is 2.00 bits per heavy atom. The van der Waals surface area contributed by atoms with E-state index in [9.17, 15) is 4.79 Å². The molecule has 4 heteroatoms. The normalized spacial score (nSPS) is 15.9. The molecule has 0 radical (unpaired) electrons. The van der Waals surface area contributed by atoms with Crippen molar-refractivity contribution in [1.82, 2.24) is 5.32 Å². The summed E-state index contributed by atoms with van der Waals surface area (Å²) in [4.78, 5) is 11.5. The summed E-state index contributed by atoms with van der Waals surface area (Å²) in [6.07, 6.45) is 1.03. The second-order valence-electron chi connectivity index (χ2n) is 5.03. The lowest BCUT2D eigenvalue weighted by Crippen LogP contribution is -2.43. The third kappa shape index (κ3) is 5.74.